The van der Waals surface area contributed by atoms with Crippen LogP contribution in [0.5, 0.6) is 0 Å². The van der Waals surface area contributed by atoms with E-state index in [1.54, 1.807) is 13.8 Å². The fourth-order valence-electron chi connectivity index (χ4n) is 1.52. The molecule has 0 aliphatic rings. The Hall–Kier alpha value is -0.910. The van der Waals surface area contributed by atoms with Gasteiger partial charge in [0.1, 0.15) is 0 Å². The van der Waals surface area contributed by atoms with E-state index in [0.717, 1.165) is 6.08 Å². The summed E-state index contributed by atoms with van der Waals surface area (Å²) >= 11 is 0. The molecule has 0 aromatic heterocycles. The molecule has 2 unspecified atom stereocenters. The number of hydrogen-bond donors (Lipinski definition) is 2. The lowest BCUT2D eigenvalue weighted by molar-refractivity contribution is -0.137. The largest absolute Gasteiger partial charge is 0.462 e. The van der Waals surface area contributed by atoms with Gasteiger partial charge in [0, 0.05) is 25.7 Å². The van der Waals surface area contributed by atoms with Crippen molar-refractivity contribution in [3.8, 4) is 0 Å². The van der Waals surface area contributed by atoms with Crippen LogP contribution in [0.3, 0.4) is 0 Å². The molecule has 0 saturated heterocycles. The van der Waals surface area contributed by atoms with Crippen LogP contribution in [-0.2, 0) is 9.53 Å². The summed E-state index contributed by atoms with van der Waals surface area (Å²) in [4.78, 5) is 12.7. The molecule has 0 aromatic carbocycles. The Morgan fingerprint density at radius 2 is 1.88 bits per heavy atom. The van der Waals surface area contributed by atoms with Gasteiger partial charge in [-0.3, -0.25) is 4.90 Å². The van der Waals surface area contributed by atoms with Gasteiger partial charge in [-0.05, 0) is 20.3 Å². The normalized spacial score (nSPS) is 14.4. The smallest absolute Gasteiger partial charge is 0.330 e. The number of esters is 1. The van der Waals surface area contributed by atoms with E-state index in [1.807, 2.05) is 4.90 Å². The van der Waals surface area contributed by atoms with Gasteiger partial charge in [-0.1, -0.05) is 6.58 Å². The van der Waals surface area contributed by atoms with Crippen molar-refractivity contribution in [1.29, 1.82) is 0 Å². The van der Waals surface area contributed by atoms with Crippen molar-refractivity contribution >= 4 is 5.97 Å². The summed E-state index contributed by atoms with van der Waals surface area (Å²) in [6, 6.07) is 0. The predicted molar refractivity (Wildman–Crippen MR) is 65.6 cm³/mol. The van der Waals surface area contributed by atoms with Crippen molar-refractivity contribution in [1.82, 2.24) is 4.90 Å². The van der Waals surface area contributed by atoms with Gasteiger partial charge in [0.2, 0.25) is 0 Å². The second kappa shape index (κ2) is 9.15. The SMILES string of the molecule is C=CC(=O)OCCCN(CC(C)O)CC(C)O. The highest BCUT2D eigenvalue weighted by Gasteiger charge is 2.10. The van der Waals surface area contributed by atoms with Gasteiger partial charge in [0.25, 0.3) is 0 Å². The molecule has 0 saturated carbocycles. The molecule has 0 fully saturated rings. The predicted octanol–water partition coefficient (Wildman–Crippen LogP) is 0.169. The number of nitrogens with zero attached hydrogens (tertiary/aromatic N) is 1. The number of rotatable bonds is 9. The third-order valence-corrected chi connectivity index (χ3v) is 2.07. The minimum Gasteiger partial charge on any atom is -0.462 e. The topological polar surface area (TPSA) is 70.0 Å². The van der Waals surface area contributed by atoms with Crippen molar-refractivity contribution in [3.63, 3.8) is 0 Å². The zero-order valence-corrected chi connectivity index (χ0v) is 10.6. The van der Waals surface area contributed by atoms with E-state index in [1.165, 1.54) is 0 Å². The summed E-state index contributed by atoms with van der Waals surface area (Å²) in [6.45, 7) is 8.69. The summed E-state index contributed by atoms with van der Waals surface area (Å²) in [5, 5.41) is 18.6. The minimum absolute atomic E-state index is 0.320. The van der Waals surface area contributed by atoms with Crippen LogP contribution in [0, 0.1) is 0 Å². The molecule has 0 spiro atoms. The summed E-state index contributed by atoms with van der Waals surface area (Å²) in [5.41, 5.74) is 0. The van der Waals surface area contributed by atoms with Crippen LogP contribution in [-0.4, -0.2) is 59.5 Å². The molecule has 100 valence electrons. The maximum Gasteiger partial charge on any atom is 0.330 e. The Kier molecular flexibility index (Phi) is 8.66. The fourth-order valence-corrected chi connectivity index (χ4v) is 1.52. The molecule has 0 aliphatic carbocycles. The first-order chi connectivity index (χ1) is 7.95. The van der Waals surface area contributed by atoms with Crippen molar-refractivity contribution in [2.24, 2.45) is 0 Å². The van der Waals surface area contributed by atoms with Crippen molar-refractivity contribution in [2.45, 2.75) is 32.5 Å². The van der Waals surface area contributed by atoms with Crippen LogP contribution in [0.15, 0.2) is 12.7 Å². The molecule has 0 bridgehead atoms. The third kappa shape index (κ3) is 9.99. The summed E-state index contributed by atoms with van der Waals surface area (Å²) < 4.78 is 4.84. The third-order valence-electron chi connectivity index (χ3n) is 2.07. The zero-order chi connectivity index (χ0) is 13.3. The summed E-state index contributed by atoms with van der Waals surface area (Å²) in [6.07, 6.45) is 0.913. The molecular formula is C12H23NO4. The van der Waals surface area contributed by atoms with Crippen molar-refractivity contribution in [3.05, 3.63) is 12.7 Å². The van der Waals surface area contributed by atoms with Gasteiger partial charge in [-0.2, -0.15) is 0 Å². The van der Waals surface area contributed by atoms with E-state index in [2.05, 4.69) is 6.58 Å². The number of aliphatic hydroxyl groups excluding tert-OH is 2. The molecule has 2 N–H and O–H groups in total. The second-order valence-electron chi connectivity index (χ2n) is 4.18. The van der Waals surface area contributed by atoms with Crippen molar-refractivity contribution < 1.29 is 19.7 Å². The lowest BCUT2D eigenvalue weighted by Gasteiger charge is -2.24. The molecule has 0 rings (SSSR count). The number of ether oxygens (including phenoxy) is 1. The van der Waals surface area contributed by atoms with E-state index in [0.29, 0.717) is 32.7 Å². The van der Waals surface area contributed by atoms with Crippen LogP contribution in [0.25, 0.3) is 0 Å². The van der Waals surface area contributed by atoms with Crippen LogP contribution in [0.2, 0.25) is 0 Å². The van der Waals surface area contributed by atoms with Gasteiger partial charge in [-0.15, -0.1) is 0 Å². The fraction of sp³-hybridized carbons (Fsp3) is 0.750. The lowest BCUT2D eigenvalue weighted by atomic mass is 10.3. The van der Waals surface area contributed by atoms with E-state index >= 15 is 0 Å². The number of hydrogen-bond acceptors (Lipinski definition) is 5. The average molecular weight is 245 g/mol. The van der Waals surface area contributed by atoms with Crippen molar-refractivity contribution in [2.75, 3.05) is 26.2 Å². The minimum atomic E-state index is -0.440. The Bertz CT molecular complexity index is 219. The maximum atomic E-state index is 10.8. The summed E-state index contributed by atoms with van der Waals surface area (Å²) in [5.74, 6) is -0.428. The molecule has 0 amide bonds. The number of carbonyl (C=O) groups excluding carboxylic acids is 1. The highest BCUT2D eigenvalue weighted by molar-refractivity contribution is 5.81. The molecule has 0 heterocycles. The van der Waals surface area contributed by atoms with Gasteiger partial charge >= 0.3 is 5.97 Å². The molecule has 2 atom stereocenters. The number of carbonyl (C=O) groups is 1. The molecular weight excluding hydrogens is 222 g/mol. The molecule has 17 heavy (non-hydrogen) atoms. The second-order valence-corrected chi connectivity index (χ2v) is 4.18. The first-order valence-corrected chi connectivity index (χ1v) is 5.83. The monoisotopic (exact) mass is 245 g/mol. The first kappa shape index (κ1) is 16.1. The van der Waals surface area contributed by atoms with Gasteiger partial charge in [-0.25, -0.2) is 4.79 Å². The zero-order valence-electron chi connectivity index (χ0n) is 10.6. The molecule has 0 radical (unpaired) electrons. The van der Waals surface area contributed by atoms with E-state index in [9.17, 15) is 15.0 Å². The maximum absolute atomic E-state index is 10.8. The standard InChI is InChI=1S/C12H23NO4/c1-4-12(16)17-7-5-6-13(8-10(2)14)9-11(3)15/h4,10-11,14-15H,1,5-9H2,2-3H3. The quantitative estimate of drug-likeness (QED) is 0.344. The van der Waals surface area contributed by atoms with Crippen LogP contribution in [0.1, 0.15) is 20.3 Å². The Balaban J connectivity index is 3.82. The lowest BCUT2D eigenvalue weighted by Crippen LogP contribution is -2.37. The Labute approximate surface area is 103 Å². The molecule has 5 nitrogen and oxygen atoms in total. The highest BCUT2D eigenvalue weighted by atomic mass is 16.5. The van der Waals surface area contributed by atoms with Gasteiger partial charge in [0.05, 0.1) is 18.8 Å². The molecule has 0 aliphatic heterocycles. The first-order valence-electron chi connectivity index (χ1n) is 5.83. The summed E-state index contributed by atoms with van der Waals surface area (Å²) in [7, 11) is 0. The van der Waals surface area contributed by atoms with E-state index in [4.69, 9.17) is 4.74 Å². The van der Waals surface area contributed by atoms with Crippen LogP contribution >= 0.6 is 0 Å². The highest BCUT2D eigenvalue weighted by Crippen LogP contribution is 1.98. The van der Waals surface area contributed by atoms with E-state index < -0.39 is 18.2 Å². The number of aliphatic hydroxyl groups is 2. The van der Waals surface area contributed by atoms with E-state index in [-0.39, 0.29) is 0 Å². The van der Waals surface area contributed by atoms with Crippen LogP contribution in [0.4, 0.5) is 0 Å². The van der Waals surface area contributed by atoms with Crippen LogP contribution < -0.4 is 0 Å². The molecule has 0 aromatic rings. The average Bonchev–Trinajstić information content (AvgIpc) is 2.22. The van der Waals surface area contributed by atoms with Gasteiger partial charge < -0.3 is 14.9 Å². The Morgan fingerprint density at radius 1 is 1.35 bits per heavy atom. The van der Waals surface area contributed by atoms with Gasteiger partial charge in [0.15, 0.2) is 0 Å². The Morgan fingerprint density at radius 3 is 2.29 bits per heavy atom. The molecule has 5 heteroatoms.